The van der Waals surface area contributed by atoms with Crippen molar-refractivity contribution in [2.75, 3.05) is 67.7 Å². The van der Waals surface area contributed by atoms with Crippen molar-refractivity contribution in [1.82, 2.24) is 15.5 Å². The number of nitrogens with zero attached hydrogens (tertiary/aromatic N) is 4. The van der Waals surface area contributed by atoms with Crippen LogP contribution in [-0.4, -0.2) is 107 Å². The van der Waals surface area contributed by atoms with Crippen LogP contribution in [0.4, 0.5) is 17.1 Å². The summed E-state index contributed by atoms with van der Waals surface area (Å²) in [6, 6.07) is 29.4. The zero-order valence-electron chi connectivity index (χ0n) is 35.9. The maximum absolute atomic E-state index is 15.7. The molecule has 4 aromatic carbocycles. The lowest BCUT2D eigenvalue weighted by molar-refractivity contribution is -0.151. The molecule has 3 N–H and O–H groups in total. The van der Waals surface area contributed by atoms with Gasteiger partial charge in [0.05, 0.1) is 65.7 Å². The molecule has 0 saturated carbocycles. The number of piperazine rings is 2. The maximum atomic E-state index is 15.7. The predicted molar refractivity (Wildman–Crippen MR) is 240 cm³/mol. The first-order valence-electron chi connectivity index (χ1n) is 21.8. The molecule has 0 bridgehead atoms. The number of carbonyl (C=O) groups is 4. The number of hydrogen-bond donors (Lipinski definition) is 3. The molecule has 5 aliphatic heterocycles. The summed E-state index contributed by atoms with van der Waals surface area (Å²) in [5, 5.41) is 18.0. The highest BCUT2D eigenvalue weighted by Gasteiger charge is 2.66. The van der Waals surface area contributed by atoms with Crippen molar-refractivity contribution in [3.8, 4) is 5.75 Å². The molecule has 1 spiro atoms. The summed E-state index contributed by atoms with van der Waals surface area (Å²) < 4.78 is 13.0. The van der Waals surface area contributed by atoms with Gasteiger partial charge in [0, 0.05) is 55.6 Å². The molecule has 5 heterocycles. The molecule has 13 nitrogen and oxygen atoms in total. The van der Waals surface area contributed by atoms with Gasteiger partial charge in [-0.05, 0) is 71.1 Å². The number of anilines is 3. The smallest absolute Gasteiger partial charge is 0.264 e. The zero-order chi connectivity index (χ0) is 43.3. The van der Waals surface area contributed by atoms with E-state index < -0.39 is 19.8 Å². The fraction of sp³-hybridized carbons (Fsp3) is 0.417. The summed E-state index contributed by atoms with van der Waals surface area (Å²) in [5.41, 5.74) is 4.31. The van der Waals surface area contributed by atoms with E-state index in [1.807, 2.05) is 72.8 Å². The van der Waals surface area contributed by atoms with Gasteiger partial charge in [-0.3, -0.25) is 19.2 Å². The second kappa shape index (κ2) is 16.7. The number of rotatable bonds is 10. The average Bonchev–Trinajstić information content (AvgIpc) is 3.71. The molecule has 62 heavy (non-hydrogen) atoms. The van der Waals surface area contributed by atoms with Crippen molar-refractivity contribution >= 4 is 54.0 Å². The third-order valence-electron chi connectivity index (χ3n) is 14.2. The van der Waals surface area contributed by atoms with Gasteiger partial charge in [-0.15, -0.1) is 0 Å². The van der Waals surface area contributed by atoms with Gasteiger partial charge in [0.25, 0.3) is 5.91 Å². The quantitative estimate of drug-likeness (QED) is 0.204. The van der Waals surface area contributed by atoms with Crippen LogP contribution in [0.1, 0.15) is 35.6 Å². The van der Waals surface area contributed by atoms with Crippen LogP contribution in [0.5, 0.6) is 5.75 Å². The van der Waals surface area contributed by atoms with Gasteiger partial charge in [-0.2, -0.15) is 0 Å². The van der Waals surface area contributed by atoms with E-state index in [0.717, 1.165) is 33.3 Å². The van der Waals surface area contributed by atoms with Crippen LogP contribution >= 0.6 is 0 Å². The Morgan fingerprint density at radius 2 is 1.52 bits per heavy atom. The first-order chi connectivity index (χ1) is 29.9. The molecule has 0 unspecified atom stereocenters. The minimum atomic E-state index is -2.61. The third-order valence-corrected chi connectivity index (χ3v) is 18.5. The standard InChI is InChI=1S/C48H56N6O7Si/c1-31-46(62(3,4)39-16-14-38(60-2)15-17-39)42(25-43(56)53-29-34-8-6-5-7-33(34)23-37(53)30-55)61-48(31)40-24-36(52-22-20-50-27-45(52)58)13-18-41(40)54(47(48)59)28-32-9-11-35(12-10-32)51-21-19-49-26-44(51)57/h5-18,24,31,37,42,46,49-50,55H,19-23,25-30H2,1-4H3/t31-,37+,42+,46-,48+/m1/s1. The Hall–Kier alpha value is -5.38. The van der Waals surface area contributed by atoms with Gasteiger partial charge in [-0.25, -0.2) is 0 Å². The fourth-order valence-electron chi connectivity index (χ4n) is 10.9. The van der Waals surface area contributed by atoms with Crippen molar-refractivity contribution in [2.24, 2.45) is 5.92 Å². The monoisotopic (exact) mass is 856 g/mol. The van der Waals surface area contributed by atoms with E-state index in [0.29, 0.717) is 62.6 Å². The molecular formula is C48H56N6O7Si. The van der Waals surface area contributed by atoms with Crippen LogP contribution in [0, 0.1) is 5.92 Å². The van der Waals surface area contributed by atoms with E-state index in [-0.39, 0.29) is 67.2 Å². The molecule has 14 heteroatoms. The number of fused-ring (bicyclic) bond motifs is 3. The van der Waals surface area contributed by atoms with Crippen molar-refractivity contribution in [3.05, 3.63) is 113 Å². The molecular weight excluding hydrogens is 801 g/mol. The van der Waals surface area contributed by atoms with Gasteiger partial charge in [0.2, 0.25) is 17.7 Å². The molecule has 3 fully saturated rings. The summed E-state index contributed by atoms with van der Waals surface area (Å²) in [7, 11) is -0.968. The predicted octanol–water partition coefficient (Wildman–Crippen LogP) is 3.67. The van der Waals surface area contributed by atoms with Gasteiger partial charge >= 0.3 is 0 Å². The lowest BCUT2D eigenvalue weighted by Crippen LogP contribution is -2.52. The minimum Gasteiger partial charge on any atom is -0.497 e. The normalized spacial score (nSPS) is 25.1. The van der Waals surface area contributed by atoms with Crippen LogP contribution < -0.4 is 35.3 Å². The number of hydrogen-bond acceptors (Lipinski definition) is 9. The van der Waals surface area contributed by atoms with Crippen LogP contribution in [0.25, 0.3) is 0 Å². The number of benzene rings is 4. The van der Waals surface area contributed by atoms with E-state index in [2.05, 4.69) is 48.9 Å². The number of nitrogens with one attached hydrogen (secondary N) is 2. The SMILES string of the molecule is COc1ccc([Si](C)(C)[C@H]2[C@H](CC(=O)N3Cc4ccccc4C[C@H]3CO)O[C@@]3(C(=O)N(Cc4ccc(N5CCNCC5=O)cc4)c4ccc(N5CCNCC5=O)cc43)[C@@H]2C)cc1. The van der Waals surface area contributed by atoms with Crippen LogP contribution in [-0.2, 0) is 49.0 Å². The maximum Gasteiger partial charge on any atom is 0.264 e. The van der Waals surface area contributed by atoms with Crippen molar-refractivity contribution in [1.29, 1.82) is 0 Å². The summed E-state index contributed by atoms with van der Waals surface area (Å²) in [6.07, 6.45) is -0.0529. The van der Waals surface area contributed by atoms with Crippen LogP contribution in [0.3, 0.4) is 0 Å². The highest BCUT2D eigenvalue weighted by atomic mass is 28.3. The Kier molecular flexibility index (Phi) is 11.3. The van der Waals surface area contributed by atoms with E-state index in [1.54, 1.807) is 26.7 Å². The largest absolute Gasteiger partial charge is 0.497 e. The molecule has 5 aliphatic rings. The topological polar surface area (TPSA) is 144 Å². The Morgan fingerprint density at radius 1 is 0.871 bits per heavy atom. The second-order valence-electron chi connectivity index (χ2n) is 17.9. The first kappa shape index (κ1) is 41.9. The highest BCUT2D eigenvalue weighted by Crippen LogP contribution is 2.60. The molecule has 0 radical (unpaired) electrons. The molecule has 9 rings (SSSR count). The second-order valence-corrected chi connectivity index (χ2v) is 22.6. The molecule has 0 aromatic heterocycles. The van der Waals surface area contributed by atoms with Crippen molar-refractivity contribution in [3.63, 3.8) is 0 Å². The van der Waals surface area contributed by atoms with E-state index >= 15 is 4.79 Å². The lowest BCUT2D eigenvalue weighted by atomic mass is 9.82. The molecule has 3 saturated heterocycles. The van der Waals surface area contributed by atoms with Gasteiger partial charge in [0.15, 0.2) is 5.60 Å². The number of aliphatic hydroxyl groups excluding tert-OH is 1. The number of methoxy groups -OCH3 is 1. The molecule has 4 amide bonds. The van der Waals surface area contributed by atoms with Gasteiger partial charge < -0.3 is 44.8 Å². The number of ether oxygens (including phenoxy) is 2. The van der Waals surface area contributed by atoms with Crippen molar-refractivity contribution in [2.45, 2.75) is 69.2 Å². The number of aliphatic hydroxyl groups is 1. The summed E-state index contributed by atoms with van der Waals surface area (Å²) >= 11 is 0. The lowest BCUT2D eigenvalue weighted by Gasteiger charge is -2.39. The number of amides is 4. The Morgan fingerprint density at radius 3 is 2.16 bits per heavy atom. The zero-order valence-corrected chi connectivity index (χ0v) is 36.9. The average molecular weight is 857 g/mol. The Balaban J connectivity index is 1.12. The minimum absolute atomic E-state index is 0.0152. The number of carbonyl (C=O) groups excluding carboxylic acids is 4. The molecule has 324 valence electrons. The first-order valence-corrected chi connectivity index (χ1v) is 24.9. The van der Waals surface area contributed by atoms with E-state index in [9.17, 15) is 19.5 Å². The third kappa shape index (κ3) is 7.21. The van der Waals surface area contributed by atoms with Crippen LogP contribution in [0.2, 0.25) is 18.6 Å². The van der Waals surface area contributed by atoms with Gasteiger partial charge in [0.1, 0.15) is 5.75 Å². The van der Waals surface area contributed by atoms with Crippen LogP contribution in [0.15, 0.2) is 91.0 Å². The van der Waals surface area contributed by atoms with Gasteiger partial charge in [-0.1, -0.05) is 73.7 Å². The molecule has 5 atom stereocenters. The summed E-state index contributed by atoms with van der Waals surface area (Å²) in [6.45, 7) is 10.1. The Bertz CT molecular complexity index is 2380. The molecule has 0 aliphatic carbocycles. The van der Waals surface area contributed by atoms with E-state index in [4.69, 9.17) is 9.47 Å². The molecule has 4 aromatic rings. The fourth-order valence-corrected chi connectivity index (χ4v) is 14.9. The Labute approximate surface area is 364 Å². The summed E-state index contributed by atoms with van der Waals surface area (Å²) in [5.74, 6) is 0.00202. The van der Waals surface area contributed by atoms with Crippen molar-refractivity contribution < 1.29 is 33.8 Å². The van der Waals surface area contributed by atoms with E-state index in [1.165, 1.54) is 0 Å². The summed E-state index contributed by atoms with van der Waals surface area (Å²) in [4.78, 5) is 63.6. The highest BCUT2D eigenvalue weighted by molar-refractivity contribution is 6.91.